The Morgan fingerprint density at radius 1 is 1.23 bits per heavy atom. The van der Waals surface area contributed by atoms with Crippen molar-refractivity contribution in [1.29, 1.82) is 0 Å². The first-order valence-electron chi connectivity index (χ1n) is 10.9. The Morgan fingerprint density at radius 2 is 2.07 bits per heavy atom. The summed E-state index contributed by atoms with van der Waals surface area (Å²) in [7, 11) is 4.32. The molecular weight excluding hydrogens is 398 g/mol. The van der Waals surface area contributed by atoms with Gasteiger partial charge in [-0.3, -0.25) is 5.10 Å². The van der Waals surface area contributed by atoms with Gasteiger partial charge in [-0.15, -0.1) is 11.3 Å². The molecule has 1 saturated carbocycles. The van der Waals surface area contributed by atoms with E-state index in [1.807, 2.05) is 6.07 Å². The van der Waals surface area contributed by atoms with E-state index in [0.717, 1.165) is 60.3 Å². The van der Waals surface area contributed by atoms with Crippen LogP contribution in [-0.2, 0) is 6.42 Å². The van der Waals surface area contributed by atoms with Crippen molar-refractivity contribution in [3.05, 3.63) is 34.7 Å². The zero-order chi connectivity index (χ0) is 20.7. The summed E-state index contributed by atoms with van der Waals surface area (Å²) in [5.41, 5.74) is 2.07. The van der Waals surface area contributed by atoms with E-state index < -0.39 is 6.10 Å². The number of fused-ring (bicyclic) bond motifs is 3. The number of aromatic amines is 1. The highest BCUT2D eigenvalue weighted by Gasteiger charge is 2.33. The van der Waals surface area contributed by atoms with Gasteiger partial charge in [-0.05, 0) is 76.6 Å². The quantitative estimate of drug-likeness (QED) is 0.622. The highest BCUT2D eigenvalue weighted by Crippen LogP contribution is 2.48. The Kier molecular flexibility index (Phi) is 5.47. The van der Waals surface area contributed by atoms with Crippen molar-refractivity contribution in [1.82, 2.24) is 25.1 Å². The largest absolute Gasteiger partial charge is 0.474 e. The minimum atomic E-state index is -0.547. The van der Waals surface area contributed by atoms with Crippen LogP contribution in [0.4, 0.5) is 0 Å². The third-order valence-corrected chi connectivity index (χ3v) is 7.91. The molecule has 2 aliphatic carbocycles. The maximum Gasteiger partial charge on any atom is 0.225 e. The topological polar surface area (TPSA) is 87.2 Å². The number of ether oxygens (including phenoxy) is 1. The van der Waals surface area contributed by atoms with E-state index in [1.165, 1.54) is 10.4 Å². The van der Waals surface area contributed by atoms with E-state index in [2.05, 4.69) is 39.2 Å². The lowest BCUT2D eigenvalue weighted by Gasteiger charge is -2.32. The van der Waals surface area contributed by atoms with Gasteiger partial charge in [-0.2, -0.15) is 5.10 Å². The van der Waals surface area contributed by atoms with Gasteiger partial charge in [0.2, 0.25) is 5.88 Å². The second-order valence-corrected chi connectivity index (χ2v) is 9.89. The third kappa shape index (κ3) is 3.72. The van der Waals surface area contributed by atoms with Crippen molar-refractivity contribution < 1.29 is 9.84 Å². The average molecular weight is 428 g/mol. The molecule has 0 saturated heterocycles. The Labute approximate surface area is 180 Å². The van der Waals surface area contributed by atoms with Crippen LogP contribution < -0.4 is 4.74 Å². The second kappa shape index (κ2) is 8.24. The van der Waals surface area contributed by atoms with Crippen molar-refractivity contribution in [3.63, 3.8) is 0 Å². The highest BCUT2D eigenvalue weighted by atomic mass is 32.1. The molecule has 5 rings (SSSR count). The van der Waals surface area contributed by atoms with Crippen LogP contribution in [0.15, 0.2) is 18.6 Å². The number of rotatable bonds is 6. The number of thiophene rings is 1. The zero-order valence-corrected chi connectivity index (χ0v) is 18.4. The number of hydrogen-bond donors (Lipinski definition) is 2. The fraction of sp³-hybridized carbons (Fsp3) is 0.591. The molecule has 160 valence electrons. The molecule has 0 amide bonds. The Balaban J connectivity index is 1.39. The van der Waals surface area contributed by atoms with E-state index >= 15 is 0 Å². The van der Waals surface area contributed by atoms with Gasteiger partial charge in [-0.25, -0.2) is 9.97 Å². The lowest BCUT2D eigenvalue weighted by atomic mass is 9.92. The van der Waals surface area contributed by atoms with Crippen molar-refractivity contribution >= 4 is 21.6 Å². The number of aliphatic hydroxyl groups is 1. The van der Waals surface area contributed by atoms with Gasteiger partial charge in [0.05, 0.1) is 17.2 Å². The van der Waals surface area contributed by atoms with Crippen LogP contribution in [0.5, 0.6) is 5.88 Å². The van der Waals surface area contributed by atoms with Crippen LogP contribution in [-0.4, -0.2) is 56.4 Å². The summed E-state index contributed by atoms with van der Waals surface area (Å²) in [5.74, 6) is 1.01. The van der Waals surface area contributed by atoms with E-state index in [0.29, 0.717) is 12.5 Å². The third-order valence-electron chi connectivity index (χ3n) is 6.74. The summed E-state index contributed by atoms with van der Waals surface area (Å²) >= 11 is 1.76. The lowest BCUT2D eigenvalue weighted by molar-refractivity contribution is 0.108. The number of hydrogen-bond acceptors (Lipinski definition) is 7. The zero-order valence-electron chi connectivity index (χ0n) is 17.5. The average Bonchev–Trinajstić information content (AvgIpc) is 3.46. The molecule has 1 fully saturated rings. The number of aryl methyl sites for hydroxylation is 1. The first-order valence-corrected chi connectivity index (χ1v) is 11.7. The van der Waals surface area contributed by atoms with Gasteiger partial charge in [0.1, 0.15) is 17.3 Å². The van der Waals surface area contributed by atoms with E-state index in [9.17, 15) is 5.11 Å². The normalized spacial score (nSPS) is 25.0. The number of H-pyrrole nitrogens is 1. The molecular formula is C22H29N5O2S. The fourth-order valence-corrected chi connectivity index (χ4v) is 6.28. The molecule has 3 heterocycles. The predicted molar refractivity (Wildman–Crippen MR) is 117 cm³/mol. The molecule has 0 aliphatic heterocycles. The number of aromatic nitrogens is 4. The molecule has 2 atom stereocenters. The molecule has 3 aromatic rings. The summed E-state index contributed by atoms with van der Waals surface area (Å²) in [6.07, 6.45) is 10.2. The van der Waals surface area contributed by atoms with Crippen LogP contribution in [0, 0.1) is 0 Å². The number of nitrogens with one attached hydrogen (secondary N) is 1. The minimum Gasteiger partial charge on any atom is -0.474 e. The lowest BCUT2D eigenvalue weighted by Crippen LogP contribution is -2.35. The first kappa shape index (κ1) is 19.9. The van der Waals surface area contributed by atoms with Gasteiger partial charge >= 0.3 is 0 Å². The minimum absolute atomic E-state index is 0.213. The summed E-state index contributed by atoms with van der Waals surface area (Å²) in [6.45, 7) is 0. The highest BCUT2D eigenvalue weighted by molar-refractivity contribution is 7.19. The molecule has 7 nitrogen and oxygen atoms in total. The molecule has 2 aliphatic rings. The summed E-state index contributed by atoms with van der Waals surface area (Å²) in [4.78, 5) is 13.8. The number of nitrogens with zero attached hydrogens (tertiary/aromatic N) is 4. The molecule has 2 N–H and O–H groups in total. The van der Waals surface area contributed by atoms with E-state index in [1.54, 1.807) is 23.9 Å². The molecule has 3 aromatic heterocycles. The smallest absolute Gasteiger partial charge is 0.225 e. The second-order valence-electron chi connectivity index (χ2n) is 8.81. The fourth-order valence-electron chi connectivity index (χ4n) is 5.05. The summed E-state index contributed by atoms with van der Waals surface area (Å²) in [6, 6.07) is 2.49. The summed E-state index contributed by atoms with van der Waals surface area (Å²) in [5, 5.41) is 18.6. The van der Waals surface area contributed by atoms with Gasteiger partial charge in [-0.1, -0.05) is 0 Å². The maximum atomic E-state index is 10.7. The van der Waals surface area contributed by atoms with Gasteiger partial charge in [0, 0.05) is 17.1 Å². The molecule has 0 bridgehead atoms. The molecule has 0 aromatic carbocycles. The van der Waals surface area contributed by atoms with Crippen LogP contribution in [0.25, 0.3) is 10.2 Å². The molecule has 0 spiro atoms. The van der Waals surface area contributed by atoms with Gasteiger partial charge in [0.25, 0.3) is 0 Å². The van der Waals surface area contributed by atoms with Crippen LogP contribution >= 0.6 is 11.3 Å². The monoisotopic (exact) mass is 427 g/mol. The van der Waals surface area contributed by atoms with Gasteiger partial charge in [0.15, 0.2) is 0 Å². The van der Waals surface area contributed by atoms with E-state index in [-0.39, 0.29) is 12.0 Å². The summed E-state index contributed by atoms with van der Waals surface area (Å²) < 4.78 is 6.46. The molecule has 0 radical (unpaired) electrons. The Hall–Kier alpha value is -2.03. The Bertz CT molecular complexity index is 995. The van der Waals surface area contributed by atoms with Crippen molar-refractivity contribution in [3.8, 4) is 5.88 Å². The standard InChI is InChI=1S/C22H29N5O2S/c1-27(2)14-4-6-15(7-5-14)29-21-20-19-13(11-17(28)16-9-10-25-26-16)3-8-18(19)30-22(20)24-12-23-21/h9-10,12-15,17,28H,3-8,11H2,1-2H3,(H,25,26)/t13-,14?,15?,17-/m1/s1. The van der Waals surface area contributed by atoms with Crippen LogP contribution in [0.2, 0.25) is 0 Å². The van der Waals surface area contributed by atoms with Crippen molar-refractivity contribution in [2.45, 2.75) is 69.1 Å². The first-order chi connectivity index (χ1) is 14.6. The molecule has 0 unspecified atom stereocenters. The maximum absolute atomic E-state index is 10.7. The Morgan fingerprint density at radius 3 is 2.80 bits per heavy atom. The van der Waals surface area contributed by atoms with Gasteiger partial charge < -0.3 is 14.7 Å². The SMILES string of the molecule is CN(C)C1CCC(Oc2ncnc3sc4c(c23)[C@@H](C[C@@H](O)c2ccn[nH]2)CC4)CC1. The molecule has 8 heteroatoms. The van der Waals surface area contributed by atoms with Crippen LogP contribution in [0.1, 0.15) is 66.7 Å². The number of aliphatic hydroxyl groups excluding tert-OH is 1. The van der Waals surface area contributed by atoms with E-state index in [4.69, 9.17) is 4.74 Å². The van der Waals surface area contributed by atoms with Crippen LogP contribution in [0.3, 0.4) is 0 Å². The van der Waals surface area contributed by atoms with Crippen molar-refractivity contribution in [2.24, 2.45) is 0 Å². The molecule has 30 heavy (non-hydrogen) atoms. The predicted octanol–water partition coefficient (Wildman–Crippen LogP) is 3.82. The van der Waals surface area contributed by atoms with Crippen molar-refractivity contribution in [2.75, 3.05) is 14.1 Å².